The van der Waals surface area contributed by atoms with E-state index in [1.54, 1.807) is 16.2 Å². The van der Waals surface area contributed by atoms with Gasteiger partial charge in [-0.1, -0.05) is 18.2 Å². The summed E-state index contributed by atoms with van der Waals surface area (Å²) in [5.41, 5.74) is 1.72. The monoisotopic (exact) mass is 356 g/mol. The lowest BCUT2D eigenvalue weighted by Crippen LogP contribution is -2.26. The first kappa shape index (κ1) is 17.7. The summed E-state index contributed by atoms with van der Waals surface area (Å²) < 4.78 is 0. The predicted molar refractivity (Wildman–Crippen MR) is 101 cm³/mol. The highest BCUT2D eigenvalue weighted by molar-refractivity contribution is 7.09. The first-order valence-corrected chi connectivity index (χ1v) is 9.66. The van der Waals surface area contributed by atoms with Gasteiger partial charge in [0.1, 0.15) is 0 Å². The number of carbonyl (C=O) groups is 2. The van der Waals surface area contributed by atoms with E-state index < -0.39 is 0 Å². The van der Waals surface area contributed by atoms with Gasteiger partial charge in [0, 0.05) is 36.5 Å². The van der Waals surface area contributed by atoms with Gasteiger partial charge in [-0.05, 0) is 54.8 Å². The van der Waals surface area contributed by atoms with Gasteiger partial charge in [-0.15, -0.1) is 11.3 Å². The molecule has 0 aliphatic heterocycles. The van der Waals surface area contributed by atoms with Crippen molar-refractivity contribution in [3.05, 3.63) is 57.8 Å². The van der Waals surface area contributed by atoms with Crippen LogP contribution in [0.5, 0.6) is 0 Å². The van der Waals surface area contributed by atoms with Crippen LogP contribution in [0.1, 0.15) is 46.5 Å². The van der Waals surface area contributed by atoms with Crippen LogP contribution in [-0.4, -0.2) is 29.8 Å². The lowest BCUT2D eigenvalue weighted by atomic mass is 10.1. The molecule has 1 aliphatic rings. The third-order valence-electron chi connectivity index (χ3n) is 4.37. The van der Waals surface area contributed by atoms with E-state index in [0.717, 1.165) is 31.2 Å². The molecule has 1 N–H and O–H groups in total. The lowest BCUT2D eigenvalue weighted by molar-refractivity contribution is -0.130. The number of nitrogens with one attached hydrogen (secondary N) is 1. The van der Waals surface area contributed by atoms with Crippen molar-refractivity contribution in [1.82, 2.24) is 10.2 Å². The largest absolute Gasteiger partial charge is 0.349 e. The minimum Gasteiger partial charge on any atom is -0.349 e. The maximum atomic E-state index is 12.2. The Kier molecular flexibility index (Phi) is 5.87. The molecular weight excluding hydrogens is 332 g/mol. The van der Waals surface area contributed by atoms with Gasteiger partial charge < -0.3 is 10.2 Å². The van der Waals surface area contributed by atoms with E-state index in [9.17, 15) is 9.59 Å². The van der Waals surface area contributed by atoms with E-state index in [0.29, 0.717) is 24.6 Å². The molecule has 2 aromatic rings. The summed E-state index contributed by atoms with van der Waals surface area (Å²) in [5, 5.41) is 5.05. The highest BCUT2D eigenvalue weighted by Gasteiger charge is 2.23. The zero-order valence-corrected chi connectivity index (χ0v) is 15.3. The van der Waals surface area contributed by atoms with Gasteiger partial charge in [0.15, 0.2) is 0 Å². The van der Waals surface area contributed by atoms with Crippen molar-refractivity contribution in [1.29, 1.82) is 0 Å². The molecule has 0 spiro atoms. The molecule has 0 bridgehead atoms. The van der Waals surface area contributed by atoms with E-state index in [2.05, 4.69) is 16.8 Å². The van der Waals surface area contributed by atoms with Gasteiger partial charge in [-0.3, -0.25) is 9.59 Å². The van der Waals surface area contributed by atoms with E-state index >= 15 is 0 Å². The molecule has 4 nitrogen and oxygen atoms in total. The normalized spacial score (nSPS) is 13.5. The standard InChI is InChI=1S/C20H24N2O2S/c1-22(19(23)6-2-4-18-5-3-13-25-18)14-15-7-9-16(10-8-15)20(24)21-17-11-12-17/h3,5,7-10,13,17H,2,4,6,11-12,14H2,1H3,(H,21,24). The Morgan fingerprint density at radius 2 is 1.96 bits per heavy atom. The van der Waals surface area contributed by atoms with Gasteiger partial charge >= 0.3 is 0 Å². The molecule has 3 rings (SSSR count). The first-order valence-electron chi connectivity index (χ1n) is 8.78. The fraction of sp³-hybridized carbons (Fsp3) is 0.400. The van der Waals surface area contributed by atoms with Crippen molar-refractivity contribution in [2.45, 2.75) is 44.7 Å². The summed E-state index contributed by atoms with van der Waals surface area (Å²) in [4.78, 5) is 27.3. The van der Waals surface area contributed by atoms with Crippen LogP contribution < -0.4 is 5.32 Å². The van der Waals surface area contributed by atoms with Crippen LogP contribution in [0, 0.1) is 0 Å². The maximum Gasteiger partial charge on any atom is 0.251 e. The highest BCUT2D eigenvalue weighted by atomic mass is 32.1. The smallest absolute Gasteiger partial charge is 0.251 e. The fourth-order valence-corrected chi connectivity index (χ4v) is 3.43. The molecule has 0 atom stereocenters. The van der Waals surface area contributed by atoms with Gasteiger partial charge in [0.2, 0.25) is 5.91 Å². The van der Waals surface area contributed by atoms with Crippen LogP contribution in [0.25, 0.3) is 0 Å². The summed E-state index contributed by atoms with van der Waals surface area (Å²) in [6.07, 6.45) is 4.58. The third kappa shape index (κ3) is 5.43. The molecule has 25 heavy (non-hydrogen) atoms. The molecule has 1 saturated carbocycles. The lowest BCUT2D eigenvalue weighted by Gasteiger charge is -2.17. The molecule has 1 aliphatic carbocycles. The summed E-state index contributed by atoms with van der Waals surface area (Å²) in [6, 6.07) is 12.0. The van der Waals surface area contributed by atoms with E-state index in [1.807, 2.05) is 37.4 Å². The zero-order valence-electron chi connectivity index (χ0n) is 14.5. The molecule has 132 valence electrons. The van der Waals surface area contributed by atoms with Crippen LogP contribution >= 0.6 is 11.3 Å². The molecule has 1 aromatic heterocycles. The Hall–Kier alpha value is -2.14. The number of hydrogen-bond acceptors (Lipinski definition) is 3. The van der Waals surface area contributed by atoms with Crippen LogP contribution in [0.3, 0.4) is 0 Å². The molecule has 0 radical (unpaired) electrons. The van der Waals surface area contributed by atoms with Crippen molar-refractivity contribution in [2.75, 3.05) is 7.05 Å². The Labute approximate surface area is 152 Å². The van der Waals surface area contributed by atoms with Crippen molar-refractivity contribution in [2.24, 2.45) is 0 Å². The summed E-state index contributed by atoms with van der Waals surface area (Å²) in [5.74, 6) is 0.152. The SMILES string of the molecule is CN(Cc1ccc(C(=O)NC2CC2)cc1)C(=O)CCCc1cccs1. The number of thiophene rings is 1. The molecule has 0 unspecified atom stereocenters. The number of hydrogen-bond donors (Lipinski definition) is 1. The van der Waals surface area contributed by atoms with Gasteiger partial charge in [-0.2, -0.15) is 0 Å². The summed E-state index contributed by atoms with van der Waals surface area (Å²) in [6.45, 7) is 0.572. The Morgan fingerprint density at radius 3 is 2.60 bits per heavy atom. The Bertz CT molecular complexity index is 706. The molecule has 2 amide bonds. The van der Waals surface area contributed by atoms with Gasteiger partial charge in [0.05, 0.1) is 0 Å². The van der Waals surface area contributed by atoms with Crippen molar-refractivity contribution < 1.29 is 9.59 Å². The predicted octanol–water partition coefficient (Wildman–Crippen LogP) is 3.62. The number of amides is 2. The fourth-order valence-electron chi connectivity index (χ4n) is 2.68. The van der Waals surface area contributed by atoms with Crippen LogP contribution in [-0.2, 0) is 17.8 Å². The highest BCUT2D eigenvalue weighted by Crippen LogP contribution is 2.19. The second-order valence-electron chi connectivity index (χ2n) is 6.63. The van der Waals surface area contributed by atoms with E-state index in [4.69, 9.17) is 0 Å². The second kappa shape index (κ2) is 8.30. The summed E-state index contributed by atoms with van der Waals surface area (Å²) in [7, 11) is 1.83. The molecule has 5 heteroatoms. The third-order valence-corrected chi connectivity index (χ3v) is 5.30. The van der Waals surface area contributed by atoms with Crippen LogP contribution in [0.15, 0.2) is 41.8 Å². The van der Waals surface area contributed by atoms with Crippen LogP contribution in [0.2, 0.25) is 0 Å². The average molecular weight is 356 g/mol. The molecule has 0 saturated heterocycles. The van der Waals surface area contributed by atoms with Crippen LogP contribution in [0.4, 0.5) is 0 Å². The zero-order chi connectivity index (χ0) is 17.6. The van der Waals surface area contributed by atoms with Gasteiger partial charge in [0.25, 0.3) is 5.91 Å². The van der Waals surface area contributed by atoms with Gasteiger partial charge in [-0.25, -0.2) is 0 Å². The summed E-state index contributed by atoms with van der Waals surface area (Å²) >= 11 is 1.74. The Balaban J connectivity index is 1.43. The minimum absolute atomic E-state index is 0.00735. The van der Waals surface area contributed by atoms with E-state index in [-0.39, 0.29) is 11.8 Å². The molecule has 1 aromatic carbocycles. The first-order chi connectivity index (χ1) is 12.1. The molecule has 1 heterocycles. The maximum absolute atomic E-state index is 12.2. The number of nitrogens with zero attached hydrogens (tertiary/aromatic N) is 1. The van der Waals surface area contributed by atoms with E-state index in [1.165, 1.54) is 4.88 Å². The quantitative estimate of drug-likeness (QED) is 0.785. The molecule has 1 fully saturated rings. The number of rotatable bonds is 8. The molecular formula is C20H24N2O2S. The average Bonchev–Trinajstić information content (AvgIpc) is 3.27. The number of carbonyl (C=O) groups excluding carboxylic acids is 2. The van der Waals surface area contributed by atoms with Crippen molar-refractivity contribution >= 4 is 23.2 Å². The number of benzene rings is 1. The minimum atomic E-state index is -0.00735. The topological polar surface area (TPSA) is 49.4 Å². The second-order valence-corrected chi connectivity index (χ2v) is 7.66. The number of aryl methyl sites for hydroxylation is 1. The van der Waals surface area contributed by atoms with Crippen molar-refractivity contribution in [3.63, 3.8) is 0 Å². The van der Waals surface area contributed by atoms with Crippen molar-refractivity contribution in [3.8, 4) is 0 Å². The Morgan fingerprint density at radius 1 is 1.20 bits per heavy atom.